The van der Waals surface area contributed by atoms with Crippen molar-refractivity contribution in [1.29, 1.82) is 0 Å². The van der Waals surface area contributed by atoms with Gasteiger partial charge in [-0.2, -0.15) is 0 Å². The molecule has 0 bridgehead atoms. The molecule has 0 saturated carbocycles. The van der Waals surface area contributed by atoms with E-state index in [4.69, 9.17) is 19.5 Å². The van der Waals surface area contributed by atoms with E-state index in [1.165, 1.54) is 5.69 Å². The molecule has 0 N–H and O–H groups in total. The summed E-state index contributed by atoms with van der Waals surface area (Å²) in [5, 5.41) is 9.52. The molecule has 0 saturated heterocycles. The SMILES string of the molecule is CC(=O)[O-].CC(C)(C)P(Cc1cccc(-c2ccccn2)n1)C(C)(C)C.[C-]#[O+].[H-].[Ru+2]. The predicted molar refractivity (Wildman–Crippen MR) is 113 cm³/mol. The predicted octanol–water partition coefficient (Wildman–Crippen LogP) is 4.55. The normalized spacial score (nSPS) is 10.6. The van der Waals surface area contributed by atoms with Gasteiger partial charge in [-0.15, -0.1) is 0 Å². The van der Waals surface area contributed by atoms with E-state index in [1.807, 2.05) is 30.5 Å². The molecule has 7 heteroatoms. The Morgan fingerprint density at radius 1 is 1.03 bits per heavy atom. The van der Waals surface area contributed by atoms with Gasteiger partial charge in [0.15, 0.2) is 0 Å². The fourth-order valence-electron chi connectivity index (χ4n) is 2.87. The van der Waals surface area contributed by atoms with Crippen LogP contribution in [-0.2, 0) is 35.1 Å². The van der Waals surface area contributed by atoms with Crippen LogP contribution in [0.5, 0.6) is 0 Å². The number of aliphatic carboxylic acids is 1. The summed E-state index contributed by atoms with van der Waals surface area (Å²) in [4.78, 5) is 18.2. The average molecular weight is 504 g/mol. The number of aromatic nitrogens is 2. The Balaban J connectivity index is -0.000000817. The molecule has 5 nitrogen and oxygen atoms in total. The molecular formula is C22H31N2O3PRu. The van der Waals surface area contributed by atoms with Crippen molar-refractivity contribution < 1.29 is 35.5 Å². The van der Waals surface area contributed by atoms with Crippen LogP contribution >= 0.6 is 7.92 Å². The molecule has 0 unspecified atom stereocenters. The van der Waals surface area contributed by atoms with Crippen LogP contribution in [0.4, 0.5) is 0 Å². The van der Waals surface area contributed by atoms with Crippen LogP contribution in [-0.4, -0.2) is 26.2 Å². The van der Waals surface area contributed by atoms with Gasteiger partial charge in [-0.25, -0.2) is 0 Å². The number of hydrogen-bond acceptors (Lipinski definition) is 4. The molecule has 0 aliphatic heterocycles. The second kappa shape index (κ2) is 13.7. The van der Waals surface area contributed by atoms with E-state index in [9.17, 15) is 0 Å². The van der Waals surface area contributed by atoms with E-state index < -0.39 is 5.97 Å². The average Bonchev–Trinajstić information content (AvgIpc) is 2.60. The Labute approximate surface area is 190 Å². The first kappa shape index (κ1) is 29.8. The third-order valence-corrected chi connectivity index (χ3v) is 7.55. The first-order valence-electron chi connectivity index (χ1n) is 8.94. The van der Waals surface area contributed by atoms with Gasteiger partial charge in [0, 0.05) is 24.0 Å². The van der Waals surface area contributed by atoms with E-state index >= 15 is 0 Å². The fraction of sp³-hybridized carbons (Fsp3) is 0.455. The van der Waals surface area contributed by atoms with E-state index in [2.05, 4.69) is 65.3 Å². The number of carbonyl (C=O) groups excluding carboxylic acids is 1. The van der Waals surface area contributed by atoms with E-state index in [0.717, 1.165) is 24.5 Å². The first-order chi connectivity index (χ1) is 12.9. The van der Waals surface area contributed by atoms with Gasteiger partial charge in [0.2, 0.25) is 0 Å². The second-order valence-electron chi connectivity index (χ2n) is 8.15. The topological polar surface area (TPSA) is 85.8 Å². The maximum absolute atomic E-state index is 8.89. The summed E-state index contributed by atoms with van der Waals surface area (Å²) in [7, 11) is -0.183. The molecule has 160 valence electrons. The number of nitrogens with zero attached hydrogens (tertiary/aromatic N) is 2. The van der Waals surface area contributed by atoms with Gasteiger partial charge >= 0.3 is 30.8 Å². The Morgan fingerprint density at radius 3 is 1.93 bits per heavy atom. The quantitative estimate of drug-likeness (QED) is 0.266. The number of rotatable bonds is 3. The van der Waals surface area contributed by atoms with Crippen molar-refractivity contribution in [3.63, 3.8) is 0 Å². The van der Waals surface area contributed by atoms with Crippen molar-refractivity contribution in [1.82, 2.24) is 9.97 Å². The molecule has 0 aromatic carbocycles. The zero-order valence-corrected chi connectivity index (χ0v) is 20.8. The summed E-state index contributed by atoms with van der Waals surface area (Å²) in [6.45, 7) is 19.6. The van der Waals surface area contributed by atoms with E-state index in [0.29, 0.717) is 10.3 Å². The van der Waals surface area contributed by atoms with Crippen molar-refractivity contribution >= 4 is 13.9 Å². The van der Waals surface area contributed by atoms with E-state index in [-0.39, 0.29) is 28.8 Å². The standard InChI is InChI=1S/C19H27N2P.C2H4O2.CO.Ru.H/c1-18(2,3)22(19(4,5)6)14-15-10-9-12-17(21-15)16-11-7-8-13-20-16;1-2(3)4;1-2;;/h7-13H,14H2,1-6H3;1H3,(H,3,4);;;/q;;;+2;-1/p-1. The van der Waals surface area contributed by atoms with Crippen molar-refractivity contribution in [2.24, 2.45) is 0 Å². The number of hydrogen-bond donors (Lipinski definition) is 0. The van der Waals surface area contributed by atoms with Gasteiger partial charge in [-0.3, -0.25) is 9.97 Å². The molecule has 0 fully saturated rings. The van der Waals surface area contributed by atoms with Crippen LogP contribution in [0.15, 0.2) is 42.6 Å². The van der Waals surface area contributed by atoms with Crippen LogP contribution in [0.1, 0.15) is 55.6 Å². The van der Waals surface area contributed by atoms with Gasteiger partial charge in [-0.05, 0) is 41.5 Å². The molecule has 29 heavy (non-hydrogen) atoms. The molecule has 2 heterocycles. The van der Waals surface area contributed by atoms with Crippen LogP contribution in [0, 0.1) is 6.65 Å². The zero-order chi connectivity index (χ0) is 22.0. The molecule has 0 amide bonds. The van der Waals surface area contributed by atoms with Crippen molar-refractivity contribution in [3.05, 3.63) is 54.9 Å². The summed E-state index contributed by atoms with van der Waals surface area (Å²) < 4.78 is 7.50. The largest absolute Gasteiger partial charge is 2.00 e. The van der Waals surface area contributed by atoms with Crippen LogP contribution < -0.4 is 5.11 Å². The zero-order valence-electron chi connectivity index (χ0n) is 19.2. The Kier molecular flexibility index (Phi) is 14.1. The summed E-state index contributed by atoms with van der Waals surface area (Å²) in [5.74, 6) is -1.08. The summed E-state index contributed by atoms with van der Waals surface area (Å²) >= 11 is 0. The summed E-state index contributed by atoms with van der Waals surface area (Å²) in [6, 6.07) is 12.3. The fourth-order valence-corrected chi connectivity index (χ4v) is 6.33. The van der Waals surface area contributed by atoms with Crippen molar-refractivity contribution in [2.45, 2.75) is 64.9 Å². The monoisotopic (exact) mass is 504 g/mol. The van der Waals surface area contributed by atoms with Gasteiger partial charge in [0.1, 0.15) is 0 Å². The molecule has 0 aliphatic rings. The minimum atomic E-state index is -1.08. The summed E-state index contributed by atoms with van der Waals surface area (Å²) in [6.07, 6.45) is 2.88. The van der Waals surface area contributed by atoms with Gasteiger partial charge in [-0.1, -0.05) is 61.6 Å². The molecule has 0 spiro atoms. The maximum Gasteiger partial charge on any atom is 2.00 e. The minimum absolute atomic E-state index is 0. The molecule has 0 radical (unpaired) electrons. The van der Waals surface area contributed by atoms with E-state index in [1.54, 1.807) is 0 Å². The molecule has 0 aliphatic carbocycles. The number of pyridine rings is 2. The molecular weight excluding hydrogens is 472 g/mol. The number of carboxylic acids is 1. The van der Waals surface area contributed by atoms with Crippen molar-refractivity contribution in [3.8, 4) is 11.4 Å². The van der Waals surface area contributed by atoms with Crippen LogP contribution in [0.25, 0.3) is 11.4 Å². The maximum atomic E-state index is 8.89. The smallest absolute Gasteiger partial charge is 1.00 e. The second-order valence-corrected chi connectivity index (χ2v) is 12.0. The third-order valence-electron chi connectivity index (χ3n) is 3.67. The summed E-state index contributed by atoms with van der Waals surface area (Å²) in [5.41, 5.74) is 3.09. The van der Waals surface area contributed by atoms with Crippen LogP contribution in [0.2, 0.25) is 0 Å². The van der Waals surface area contributed by atoms with Gasteiger partial charge < -0.3 is 11.3 Å². The Morgan fingerprint density at radius 2 is 1.52 bits per heavy atom. The Hall–Kier alpha value is -1.44. The first-order valence-corrected chi connectivity index (χ1v) is 10.5. The van der Waals surface area contributed by atoms with Gasteiger partial charge in [0.05, 0.1) is 11.4 Å². The van der Waals surface area contributed by atoms with Crippen LogP contribution in [0.3, 0.4) is 0 Å². The number of carboxylic acid groups (broad SMARTS) is 1. The molecule has 0 atom stereocenters. The third kappa shape index (κ3) is 12.0. The Bertz CT molecular complexity index is 742. The van der Waals surface area contributed by atoms with Crippen molar-refractivity contribution in [2.75, 3.05) is 0 Å². The molecule has 2 aromatic heterocycles. The van der Waals surface area contributed by atoms with Gasteiger partial charge in [0.25, 0.3) is 0 Å². The minimum Gasteiger partial charge on any atom is -1.00 e. The molecule has 2 rings (SSSR count). The number of carbonyl (C=O) groups is 1. The molecule has 2 aromatic rings.